The number of aliphatic hydroxyl groups excluding tert-OH is 1. The number of carbonyl (C=O) groups is 1. The molecule has 1 aliphatic heterocycles. The molecule has 0 aliphatic carbocycles. The fourth-order valence-corrected chi connectivity index (χ4v) is 4.08. The fraction of sp³-hybridized carbons (Fsp3) is 0.375. The summed E-state index contributed by atoms with van der Waals surface area (Å²) >= 11 is 5.95. The Morgan fingerprint density at radius 1 is 1.32 bits per heavy atom. The third kappa shape index (κ3) is 5.72. The SMILES string of the molecule is O=C(NCc1cccc(Cl)c1)c1nc2ccc(F)c(OCCC3CCC(CO)CO3)c2c(=O)[nH]1. The summed E-state index contributed by atoms with van der Waals surface area (Å²) in [4.78, 5) is 31.9. The lowest BCUT2D eigenvalue weighted by atomic mass is 9.98. The molecule has 0 spiro atoms. The Hall–Kier alpha value is -3.01. The first-order valence-electron chi connectivity index (χ1n) is 11.0. The predicted octanol–water partition coefficient (Wildman–Crippen LogP) is 3.20. The molecule has 3 N–H and O–H groups in total. The van der Waals surface area contributed by atoms with Crippen LogP contribution >= 0.6 is 11.6 Å². The molecule has 180 valence electrons. The number of nitrogens with one attached hydrogen (secondary N) is 2. The Labute approximate surface area is 200 Å². The zero-order valence-corrected chi connectivity index (χ0v) is 19.1. The molecule has 2 aromatic carbocycles. The van der Waals surface area contributed by atoms with Gasteiger partial charge in [0.25, 0.3) is 11.5 Å². The molecule has 0 bridgehead atoms. The van der Waals surface area contributed by atoms with Crippen LogP contribution in [0.3, 0.4) is 0 Å². The monoisotopic (exact) mass is 489 g/mol. The van der Waals surface area contributed by atoms with Crippen molar-refractivity contribution in [1.82, 2.24) is 15.3 Å². The van der Waals surface area contributed by atoms with Gasteiger partial charge in [0.1, 0.15) is 5.39 Å². The zero-order chi connectivity index (χ0) is 24.1. The maximum absolute atomic E-state index is 14.5. The van der Waals surface area contributed by atoms with Crippen LogP contribution in [0.25, 0.3) is 10.9 Å². The second kappa shape index (κ2) is 10.9. The van der Waals surface area contributed by atoms with Crippen molar-refractivity contribution in [2.24, 2.45) is 5.92 Å². The number of benzene rings is 2. The van der Waals surface area contributed by atoms with E-state index in [1.54, 1.807) is 24.3 Å². The molecule has 0 radical (unpaired) electrons. The van der Waals surface area contributed by atoms with Crippen LogP contribution in [0.4, 0.5) is 4.39 Å². The van der Waals surface area contributed by atoms with Gasteiger partial charge in [-0.15, -0.1) is 0 Å². The Kier molecular flexibility index (Phi) is 7.77. The van der Waals surface area contributed by atoms with Gasteiger partial charge in [0, 0.05) is 30.5 Å². The van der Waals surface area contributed by atoms with E-state index >= 15 is 0 Å². The van der Waals surface area contributed by atoms with Crippen LogP contribution in [0.5, 0.6) is 5.75 Å². The number of rotatable bonds is 8. The minimum absolute atomic E-state index is 0.0490. The molecule has 1 saturated heterocycles. The Morgan fingerprint density at radius 2 is 2.18 bits per heavy atom. The van der Waals surface area contributed by atoms with E-state index in [-0.39, 0.29) is 54.3 Å². The minimum Gasteiger partial charge on any atom is -0.489 e. The number of fused-ring (bicyclic) bond motifs is 1. The van der Waals surface area contributed by atoms with E-state index in [2.05, 4.69) is 15.3 Å². The van der Waals surface area contributed by atoms with Crippen molar-refractivity contribution in [2.75, 3.05) is 19.8 Å². The Bertz CT molecular complexity index is 1230. The Balaban J connectivity index is 1.45. The van der Waals surface area contributed by atoms with E-state index < -0.39 is 17.3 Å². The molecule has 2 atom stereocenters. The van der Waals surface area contributed by atoms with Crippen molar-refractivity contribution >= 4 is 28.4 Å². The number of halogens is 2. The average Bonchev–Trinajstić information content (AvgIpc) is 2.84. The quantitative estimate of drug-likeness (QED) is 0.448. The van der Waals surface area contributed by atoms with Crippen LogP contribution < -0.4 is 15.6 Å². The van der Waals surface area contributed by atoms with Gasteiger partial charge in [-0.05, 0) is 42.7 Å². The summed E-state index contributed by atoms with van der Waals surface area (Å²) in [7, 11) is 0. The molecule has 8 nitrogen and oxygen atoms in total. The number of hydrogen-bond donors (Lipinski definition) is 3. The van der Waals surface area contributed by atoms with Crippen molar-refractivity contribution in [3.63, 3.8) is 0 Å². The molecule has 3 aromatic rings. The fourth-order valence-electron chi connectivity index (χ4n) is 3.86. The summed E-state index contributed by atoms with van der Waals surface area (Å²) in [5.41, 5.74) is 0.260. The third-order valence-electron chi connectivity index (χ3n) is 5.75. The lowest BCUT2D eigenvalue weighted by Gasteiger charge is -2.27. The highest BCUT2D eigenvalue weighted by atomic mass is 35.5. The molecule has 1 aliphatic rings. The first-order valence-corrected chi connectivity index (χ1v) is 11.4. The van der Waals surface area contributed by atoms with Gasteiger partial charge >= 0.3 is 0 Å². The molecule has 1 fully saturated rings. The highest BCUT2D eigenvalue weighted by molar-refractivity contribution is 6.30. The number of ether oxygens (including phenoxy) is 2. The molecule has 34 heavy (non-hydrogen) atoms. The van der Waals surface area contributed by atoms with Gasteiger partial charge in [-0.25, -0.2) is 9.37 Å². The van der Waals surface area contributed by atoms with Crippen molar-refractivity contribution in [1.29, 1.82) is 0 Å². The third-order valence-corrected chi connectivity index (χ3v) is 5.98. The smallest absolute Gasteiger partial charge is 0.287 e. The number of aromatic nitrogens is 2. The Morgan fingerprint density at radius 3 is 2.91 bits per heavy atom. The van der Waals surface area contributed by atoms with E-state index in [1.807, 2.05) is 0 Å². The maximum Gasteiger partial charge on any atom is 0.287 e. The minimum atomic E-state index is -0.692. The van der Waals surface area contributed by atoms with Crippen LogP contribution in [-0.4, -0.2) is 46.9 Å². The van der Waals surface area contributed by atoms with E-state index in [0.29, 0.717) is 18.1 Å². The lowest BCUT2D eigenvalue weighted by Crippen LogP contribution is -2.29. The van der Waals surface area contributed by atoms with Gasteiger partial charge in [0.15, 0.2) is 17.4 Å². The summed E-state index contributed by atoms with van der Waals surface area (Å²) < 4.78 is 25.8. The van der Waals surface area contributed by atoms with Gasteiger partial charge in [-0.3, -0.25) is 9.59 Å². The molecular weight excluding hydrogens is 465 g/mol. The largest absolute Gasteiger partial charge is 0.489 e. The molecule has 2 unspecified atom stereocenters. The average molecular weight is 490 g/mol. The molecule has 2 heterocycles. The van der Waals surface area contributed by atoms with Gasteiger partial charge in [0.2, 0.25) is 0 Å². The second-order valence-electron chi connectivity index (χ2n) is 8.22. The van der Waals surface area contributed by atoms with E-state index in [4.69, 9.17) is 21.1 Å². The van der Waals surface area contributed by atoms with Crippen LogP contribution in [0, 0.1) is 11.7 Å². The van der Waals surface area contributed by atoms with Gasteiger partial charge in [-0.1, -0.05) is 23.7 Å². The number of amides is 1. The van der Waals surface area contributed by atoms with E-state index in [1.165, 1.54) is 6.07 Å². The highest BCUT2D eigenvalue weighted by Gasteiger charge is 2.22. The molecule has 1 aromatic heterocycles. The van der Waals surface area contributed by atoms with E-state index in [9.17, 15) is 19.1 Å². The second-order valence-corrected chi connectivity index (χ2v) is 8.65. The van der Waals surface area contributed by atoms with Crippen LogP contribution in [0.2, 0.25) is 5.02 Å². The first-order chi connectivity index (χ1) is 16.4. The number of nitrogens with zero attached hydrogens (tertiary/aromatic N) is 1. The highest BCUT2D eigenvalue weighted by Crippen LogP contribution is 2.26. The number of aromatic amines is 1. The van der Waals surface area contributed by atoms with E-state index in [0.717, 1.165) is 24.5 Å². The number of aliphatic hydroxyl groups is 1. The molecule has 1 amide bonds. The normalized spacial score (nSPS) is 18.1. The van der Waals surface area contributed by atoms with Crippen molar-refractivity contribution in [3.8, 4) is 5.75 Å². The summed E-state index contributed by atoms with van der Waals surface area (Å²) in [6.07, 6.45) is 2.10. The summed E-state index contributed by atoms with van der Waals surface area (Å²) in [5.74, 6) is -1.52. The molecule has 0 saturated carbocycles. The number of H-pyrrole nitrogens is 1. The molecule has 10 heteroatoms. The van der Waals surface area contributed by atoms with Gasteiger partial charge < -0.3 is 24.9 Å². The standard InChI is InChI=1S/C24H25ClFN3O5/c25-16-3-1-2-14(10-16)11-27-24(32)22-28-19-7-6-18(26)21(20(19)23(31)29-22)33-9-8-17-5-4-15(12-30)13-34-17/h1-3,6-7,10,15,17,30H,4-5,8-9,11-13H2,(H,27,32)(H,28,29,31). The van der Waals surface area contributed by atoms with Gasteiger partial charge in [0.05, 0.1) is 24.8 Å². The predicted molar refractivity (Wildman–Crippen MR) is 125 cm³/mol. The maximum atomic E-state index is 14.5. The molecular formula is C24H25ClFN3O5. The summed E-state index contributed by atoms with van der Waals surface area (Å²) in [6, 6.07) is 9.50. The summed E-state index contributed by atoms with van der Waals surface area (Å²) in [5, 5.41) is 12.3. The number of hydrogen-bond acceptors (Lipinski definition) is 6. The van der Waals surface area contributed by atoms with Crippen molar-refractivity contribution in [2.45, 2.75) is 31.9 Å². The molecule has 4 rings (SSSR count). The van der Waals surface area contributed by atoms with Gasteiger partial charge in [-0.2, -0.15) is 0 Å². The van der Waals surface area contributed by atoms with Crippen LogP contribution in [-0.2, 0) is 11.3 Å². The topological polar surface area (TPSA) is 114 Å². The first kappa shape index (κ1) is 24.1. The summed E-state index contributed by atoms with van der Waals surface area (Å²) in [6.45, 7) is 0.920. The lowest BCUT2D eigenvalue weighted by molar-refractivity contribution is -0.0378. The number of carbonyl (C=O) groups excluding carboxylic acids is 1. The zero-order valence-electron chi connectivity index (χ0n) is 18.4. The van der Waals surface area contributed by atoms with Crippen LogP contribution in [0.15, 0.2) is 41.2 Å². The van der Waals surface area contributed by atoms with Crippen molar-refractivity contribution in [3.05, 3.63) is 69.0 Å². The van der Waals surface area contributed by atoms with Crippen molar-refractivity contribution < 1.29 is 23.8 Å². The van der Waals surface area contributed by atoms with Crippen LogP contribution in [0.1, 0.15) is 35.4 Å².